The summed E-state index contributed by atoms with van der Waals surface area (Å²) in [4.78, 5) is 12.7. The van der Waals surface area contributed by atoms with Gasteiger partial charge in [-0.2, -0.15) is 0 Å². The zero-order valence-electron chi connectivity index (χ0n) is 19.0. The zero-order valence-corrected chi connectivity index (χ0v) is 19.0. The van der Waals surface area contributed by atoms with E-state index in [-0.39, 0.29) is 16.8 Å². The quantitative estimate of drug-likeness (QED) is 0.473. The maximum Gasteiger partial charge on any atom is 0.311 e. The molecular formula is C25H39NO3. The summed E-state index contributed by atoms with van der Waals surface area (Å²) in [5.74, 6) is 1.81. The highest BCUT2D eigenvalue weighted by atomic mass is 16.5. The molecule has 0 radical (unpaired) electrons. The average Bonchev–Trinajstić information content (AvgIpc) is 3.12. The lowest BCUT2D eigenvalue weighted by atomic mass is 9.46. The lowest BCUT2D eigenvalue weighted by Crippen LogP contribution is -2.53. The van der Waals surface area contributed by atoms with E-state index in [9.17, 15) is 4.79 Å². The average molecular weight is 402 g/mol. The monoisotopic (exact) mass is 401 g/mol. The third kappa shape index (κ3) is 4.19. The van der Waals surface area contributed by atoms with Crippen LogP contribution in [0.5, 0.6) is 0 Å². The highest BCUT2D eigenvalue weighted by Crippen LogP contribution is 2.62. The van der Waals surface area contributed by atoms with Crippen LogP contribution in [-0.4, -0.2) is 19.1 Å². The smallest absolute Gasteiger partial charge is 0.311 e. The Balaban J connectivity index is 1.78. The summed E-state index contributed by atoms with van der Waals surface area (Å²) in [6, 6.07) is 2.55. The van der Waals surface area contributed by atoms with Crippen LogP contribution in [0.25, 0.3) is 0 Å². The molecule has 2 aliphatic carbocycles. The van der Waals surface area contributed by atoms with Crippen molar-refractivity contribution in [1.82, 2.24) is 5.32 Å². The highest BCUT2D eigenvalue weighted by molar-refractivity contribution is 5.77. The van der Waals surface area contributed by atoms with E-state index in [0.29, 0.717) is 17.9 Å². The van der Waals surface area contributed by atoms with Crippen LogP contribution in [0, 0.1) is 22.7 Å². The minimum atomic E-state index is -0.372. The van der Waals surface area contributed by atoms with E-state index < -0.39 is 0 Å². The number of carbonyl (C=O) groups excluding carboxylic acids is 1. The van der Waals surface area contributed by atoms with E-state index in [0.717, 1.165) is 50.8 Å². The minimum absolute atomic E-state index is 0.0310. The molecule has 2 fully saturated rings. The Hall–Kier alpha value is -1.55. The molecule has 0 bridgehead atoms. The van der Waals surface area contributed by atoms with Gasteiger partial charge in [0.2, 0.25) is 0 Å². The molecule has 1 aromatic rings. The number of allylic oxidation sites excluding steroid dienone is 1. The van der Waals surface area contributed by atoms with Crippen LogP contribution in [0.15, 0.2) is 28.9 Å². The van der Waals surface area contributed by atoms with Crippen molar-refractivity contribution in [2.24, 2.45) is 22.7 Å². The van der Waals surface area contributed by atoms with Gasteiger partial charge in [0.05, 0.1) is 25.3 Å². The third-order valence-electron chi connectivity index (χ3n) is 7.88. The summed E-state index contributed by atoms with van der Waals surface area (Å²) >= 11 is 0. The normalized spacial score (nSPS) is 32.3. The molecule has 4 atom stereocenters. The largest absolute Gasteiger partial charge is 0.469 e. The Morgan fingerprint density at radius 2 is 2.14 bits per heavy atom. The van der Waals surface area contributed by atoms with Crippen molar-refractivity contribution in [3.05, 3.63) is 35.8 Å². The topological polar surface area (TPSA) is 51.5 Å². The molecule has 2 saturated carbocycles. The molecule has 1 heterocycles. The molecular weight excluding hydrogens is 362 g/mol. The lowest BCUT2D eigenvalue weighted by Gasteiger charge is -2.57. The molecule has 0 spiro atoms. The number of aryl methyl sites for hydroxylation is 1. The number of carbonyl (C=O) groups is 1. The Morgan fingerprint density at radius 3 is 2.83 bits per heavy atom. The molecule has 1 N–H and O–H groups in total. The Kier molecular flexibility index (Phi) is 6.62. The lowest BCUT2D eigenvalue weighted by molar-refractivity contribution is -0.168. The van der Waals surface area contributed by atoms with Gasteiger partial charge in [0.1, 0.15) is 5.76 Å². The molecule has 2 aliphatic rings. The Bertz CT molecular complexity index is 736. The summed E-state index contributed by atoms with van der Waals surface area (Å²) < 4.78 is 11.0. The Labute approximate surface area is 176 Å². The van der Waals surface area contributed by atoms with Crippen LogP contribution in [0.3, 0.4) is 0 Å². The van der Waals surface area contributed by atoms with E-state index in [1.54, 1.807) is 0 Å². The van der Waals surface area contributed by atoms with Gasteiger partial charge in [-0.25, -0.2) is 0 Å². The van der Waals surface area contributed by atoms with Crippen molar-refractivity contribution >= 4 is 5.97 Å². The summed E-state index contributed by atoms with van der Waals surface area (Å²) in [7, 11) is 1.53. The van der Waals surface area contributed by atoms with Crippen LogP contribution in [-0.2, 0) is 22.5 Å². The number of furan rings is 1. The fraction of sp³-hybridized carbons (Fsp3) is 0.720. The van der Waals surface area contributed by atoms with Crippen molar-refractivity contribution in [3.8, 4) is 0 Å². The van der Waals surface area contributed by atoms with Gasteiger partial charge in [-0.1, -0.05) is 39.3 Å². The minimum Gasteiger partial charge on any atom is -0.469 e. The SMILES string of the molecule is C=C1CC[C@@H]2[C@](C)(CCC[C@]2(C)C(=O)OC)[C@H]1CCc1ccoc1CNC(C)C. The van der Waals surface area contributed by atoms with Crippen molar-refractivity contribution in [2.75, 3.05) is 7.11 Å². The van der Waals surface area contributed by atoms with Gasteiger partial charge < -0.3 is 14.5 Å². The number of rotatable bonds is 7. The molecule has 4 nitrogen and oxygen atoms in total. The molecule has 4 heteroatoms. The van der Waals surface area contributed by atoms with Crippen LogP contribution < -0.4 is 5.32 Å². The number of ether oxygens (including phenoxy) is 1. The summed E-state index contributed by atoms with van der Waals surface area (Å²) in [5, 5.41) is 3.45. The molecule has 0 aromatic carbocycles. The van der Waals surface area contributed by atoms with E-state index >= 15 is 0 Å². The summed E-state index contributed by atoms with van der Waals surface area (Å²) in [5.41, 5.74) is 2.39. The third-order valence-corrected chi connectivity index (χ3v) is 7.88. The molecule has 0 saturated heterocycles. The van der Waals surface area contributed by atoms with Gasteiger partial charge in [-0.3, -0.25) is 4.79 Å². The van der Waals surface area contributed by atoms with E-state index in [1.807, 2.05) is 6.26 Å². The van der Waals surface area contributed by atoms with Gasteiger partial charge in [-0.15, -0.1) is 0 Å². The van der Waals surface area contributed by atoms with Crippen molar-refractivity contribution in [3.63, 3.8) is 0 Å². The number of hydrogen-bond acceptors (Lipinski definition) is 4. The molecule has 162 valence electrons. The first-order chi connectivity index (χ1) is 13.7. The number of esters is 1. The van der Waals surface area contributed by atoms with Gasteiger partial charge in [-0.05, 0) is 74.3 Å². The van der Waals surface area contributed by atoms with Gasteiger partial charge >= 0.3 is 5.97 Å². The molecule has 0 aliphatic heterocycles. The Morgan fingerprint density at radius 1 is 1.38 bits per heavy atom. The van der Waals surface area contributed by atoms with Crippen molar-refractivity contribution < 1.29 is 13.9 Å². The van der Waals surface area contributed by atoms with Gasteiger partial charge in [0.25, 0.3) is 0 Å². The second kappa shape index (κ2) is 8.67. The molecule has 1 aromatic heterocycles. The number of hydrogen-bond donors (Lipinski definition) is 1. The second-order valence-electron chi connectivity index (χ2n) is 10.0. The number of fused-ring (bicyclic) bond motifs is 1. The summed E-state index contributed by atoms with van der Waals surface area (Å²) in [6.45, 7) is 14.1. The molecule has 0 amide bonds. The van der Waals surface area contributed by atoms with E-state index in [2.05, 4.69) is 45.7 Å². The van der Waals surface area contributed by atoms with Crippen LogP contribution in [0.2, 0.25) is 0 Å². The van der Waals surface area contributed by atoms with Crippen LogP contribution >= 0.6 is 0 Å². The maximum atomic E-state index is 12.7. The van der Waals surface area contributed by atoms with Crippen LogP contribution in [0.4, 0.5) is 0 Å². The van der Waals surface area contributed by atoms with E-state index in [1.165, 1.54) is 24.7 Å². The second-order valence-corrected chi connectivity index (χ2v) is 10.0. The van der Waals surface area contributed by atoms with E-state index in [4.69, 9.17) is 9.15 Å². The number of methoxy groups -OCH3 is 1. The summed E-state index contributed by atoms with van der Waals surface area (Å²) in [6.07, 6.45) is 9.12. The number of nitrogens with one attached hydrogen (secondary N) is 1. The predicted octanol–water partition coefficient (Wildman–Crippen LogP) is 5.66. The standard InChI is InChI=1S/C25H39NO3/c1-17(2)26-16-21-19(12-15-29-21)9-10-20-18(3)8-11-22-24(20,4)13-7-14-25(22,5)23(27)28-6/h12,15,17,20,22,26H,3,7-11,13-14,16H2,1-2,4-6H3/t20-,22+,24+,25-/m0/s1. The first-order valence-electron chi connectivity index (χ1n) is 11.3. The fourth-order valence-electron chi connectivity index (χ4n) is 6.30. The predicted molar refractivity (Wildman–Crippen MR) is 116 cm³/mol. The first-order valence-corrected chi connectivity index (χ1v) is 11.3. The van der Waals surface area contributed by atoms with Gasteiger partial charge in [0, 0.05) is 6.04 Å². The van der Waals surface area contributed by atoms with Crippen molar-refractivity contribution in [2.45, 2.75) is 85.2 Å². The maximum absolute atomic E-state index is 12.7. The first kappa shape index (κ1) is 22.1. The molecule has 29 heavy (non-hydrogen) atoms. The molecule has 3 rings (SSSR count). The molecule has 0 unspecified atom stereocenters. The highest BCUT2D eigenvalue weighted by Gasteiger charge is 2.57. The zero-order chi connectivity index (χ0) is 21.2. The van der Waals surface area contributed by atoms with Crippen LogP contribution in [0.1, 0.15) is 77.5 Å². The van der Waals surface area contributed by atoms with Gasteiger partial charge in [0.15, 0.2) is 0 Å². The van der Waals surface area contributed by atoms with Crippen molar-refractivity contribution in [1.29, 1.82) is 0 Å². The fourth-order valence-corrected chi connectivity index (χ4v) is 6.30.